The second-order valence-corrected chi connectivity index (χ2v) is 9.12. The van der Waals surface area contributed by atoms with Gasteiger partial charge in [0.15, 0.2) is 11.3 Å². The third-order valence-corrected chi connectivity index (χ3v) is 5.41. The normalized spacial score (nSPS) is 15.7. The van der Waals surface area contributed by atoms with Crippen LogP contribution in [0, 0.1) is 0 Å². The van der Waals surface area contributed by atoms with Crippen LogP contribution in [0.3, 0.4) is 0 Å². The zero-order valence-corrected chi connectivity index (χ0v) is 18.7. The minimum atomic E-state index is -4.64. The van der Waals surface area contributed by atoms with Crippen molar-refractivity contribution in [1.29, 1.82) is 0 Å². The highest BCUT2D eigenvalue weighted by molar-refractivity contribution is 6.03. The number of fused-ring (bicyclic) bond motifs is 1. The molecule has 176 valence electrons. The fraction of sp³-hybridized carbons (Fsp3) is 0.435. The molecule has 1 N–H and O–H groups in total. The first-order valence-corrected chi connectivity index (χ1v) is 10.7. The lowest BCUT2D eigenvalue weighted by Gasteiger charge is -2.26. The number of carbonyl (C=O) groups is 1. The van der Waals surface area contributed by atoms with Crippen LogP contribution in [0.15, 0.2) is 36.4 Å². The first-order chi connectivity index (χ1) is 15.5. The van der Waals surface area contributed by atoms with E-state index in [9.17, 15) is 18.0 Å². The quantitative estimate of drug-likeness (QED) is 0.633. The molecule has 7 nitrogen and oxygen atoms in total. The number of hydrogen-bond acceptors (Lipinski definition) is 5. The molecule has 3 heterocycles. The summed E-state index contributed by atoms with van der Waals surface area (Å²) in [5.41, 5.74) is 0.0883. The number of rotatable bonds is 4. The maximum atomic E-state index is 13.7. The molecule has 2 aromatic heterocycles. The molecular formula is C23H26F3N5O2. The second-order valence-electron chi connectivity index (χ2n) is 9.12. The number of nitrogens with zero attached hydrogens (tertiary/aromatic N) is 4. The lowest BCUT2D eigenvalue weighted by atomic mass is 9.91. The minimum Gasteiger partial charge on any atom is -0.379 e. The van der Waals surface area contributed by atoms with Crippen molar-refractivity contribution in [2.24, 2.45) is 0 Å². The lowest BCUT2D eigenvalue weighted by molar-refractivity contribution is -0.142. The van der Waals surface area contributed by atoms with Crippen molar-refractivity contribution in [3.63, 3.8) is 0 Å². The predicted octanol–water partition coefficient (Wildman–Crippen LogP) is 4.13. The number of nitrogens with one attached hydrogen (secondary N) is 1. The third kappa shape index (κ3) is 5.33. The van der Waals surface area contributed by atoms with Crippen molar-refractivity contribution >= 4 is 17.2 Å². The summed E-state index contributed by atoms with van der Waals surface area (Å²) in [5, 5.41) is 6.65. The van der Waals surface area contributed by atoms with Crippen molar-refractivity contribution in [1.82, 2.24) is 19.5 Å². The van der Waals surface area contributed by atoms with E-state index in [1.807, 2.05) is 18.2 Å². The van der Waals surface area contributed by atoms with Gasteiger partial charge >= 0.3 is 6.18 Å². The van der Waals surface area contributed by atoms with Gasteiger partial charge in [-0.25, -0.2) is 9.50 Å². The molecule has 1 aromatic carbocycles. The SMILES string of the molecule is CC(C)(C)c1cc(C(F)(F)F)n2nc(C(=O)Nc3cccc(CN4CCOCC4)c3)cc2n1. The second kappa shape index (κ2) is 8.75. The van der Waals surface area contributed by atoms with Gasteiger partial charge in [-0.1, -0.05) is 32.9 Å². The molecule has 1 saturated heterocycles. The zero-order valence-electron chi connectivity index (χ0n) is 18.7. The number of halogens is 3. The van der Waals surface area contributed by atoms with Crippen LogP contribution < -0.4 is 5.32 Å². The molecule has 0 unspecified atom stereocenters. The van der Waals surface area contributed by atoms with Crippen LogP contribution in [-0.4, -0.2) is 51.7 Å². The number of amides is 1. The molecule has 0 bridgehead atoms. The molecule has 0 spiro atoms. The summed E-state index contributed by atoms with van der Waals surface area (Å²) < 4.78 is 47.1. The van der Waals surface area contributed by atoms with E-state index in [0.29, 0.717) is 23.4 Å². The Bertz CT molecular complexity index is 1160. The Hall–Kier alpha value is -2.98. The molecule has 0 saturated carbocycles. The topological polar surface area (TPSA) is 71.8 Å². The Morgan fingerprint density at radius 3 is 2.52 bits per heavy atom. The third-order valence-electron chi connectivity index (χ3n) is 5.41. The number of morpholine rings is 1. The highest BCUT2D eigenvalue weighted by atomic mass is 19.4. The van der Waals surface area contributed by atoms with Crippen molar-refractivity contribution < 1.29 is 22.7 Å². The van der Waals surface area contributed by atoms with Crippen LogP contribution in [0.1, 0.15) is 48.2 Å². The van der Waals surface area contributed by atoms with E-state index in [4.69, 9.17) is 4.74 Å². The molecule has 33 heavy (non-hydrogen) atoms. The smallest absolute Gasteiger partial charge is 0.379 e. The number of ether oxygens (including phenoxy) is 1. The minimum absolute atomic E-state index is 0.0269. The van der Waals surface area contributed by atoms with Crippen LogP contribution in [0.25, 0.3) is 5.65 Å². The molecule has 0 atom stereocenters. The van der Waals surface area contributed by atoms with Gasteiger partial charge in [0.2, 0.25) is 0 Å². The standard InChI is InChI=1S/C23H26F3N5O2/c1-22(2,3)18-13-19(23(24,25)26)31-20(28-18)12-17(29-31)21(32)27-16-6-4-5-15(11-16)14-30-7-9-33-10-8-30/h4-6,11-13H,7-10,14H2,1-3H3,(H,27,32). The van der Waals surface area contributed by atoms with Crippen molar-refractivity contribution in [2.45, 2.75) is 38.9 Å². The number of anilines is 1. The van der Waals surface area contributed by atoms with Crippen molar-refractivity contribution in [3.8, 4) is 0 Å². The van der Waals surface area contributed by atoms with Crippen LogP contribution in [0.2, 0.25) is 0 Å². The molecule has 10 heteroatoms. The average molecular weight is 461 g/mol. The highest BCUT2D eigenvalue weighted by Gasteiger charge is 2.36. The molecule has 1 fully saturated rings. The maximum absolute atomic E-state index is 13.7. The molecule has 1 amide bonds. The zero-order chi connectivity index (χ0) is 23.8. The van der Waals surface area contributed by atoms with E-state index in [1.54, 1.807) is 26.8 Å². The van der Waals surface area contributed by atoms with E-state index in [2.05, 4.69) is 20.3 Å². The Balaban J connectivity index is 1.59. The highest BCUT2D eigenvalue weighted by Crippen LogP contribution is 2.32. The van der Waals surface area contributed by atoms with Crippen LogP contribution in [0.5, 0.6) is 0 Å². The Kier molecular flexibility index (Phi) is 6.15. The Morgan fingerprint density at radius 2 is 1.85 bits per heavy atom. The molecule has 1 aliphatic heterocycles. The van der Waals surface area contributed by atoms with Crippen molar-refractivity contribution in [3.05, 3.63) is 59.0 Å². The monoisotopic (exact) mass is 461 g/mol. The van der Waals surface area contributed by atoms with Gasteiger partial charge in [-0.2, -0.15) is 18.3 Å². The van der Waals surface area contributed by atoms with Crippen LogP contribution in [-0.2, 0) is 22.9 Å². The fourth-order valence-corrected chi connectivity index (χ4v) is 3.63. The molecule has 4 rings (SSSR count). The largest absolute Gasteiger partial charge is 0.433 e. The summed E-state index contributed by atoms with van der Waals surface area (Å²) in [6.45, 7) is 9.10. The summed E-state index contributed by atoms with van der Waals surface area (Å²) in [6, 6.07) is 9.62. The van der Waals surface area contributed by atoms with Gasteiger partial charge in [-0.05, 0) is 23.8 Å². The lowest BCUT2D eigenvalue weighted by Crippen LogP contribution is -2.35. The number of benzene rings is 1. The van der Waals surface area contributed by atoms with Gasteiger partial charge < -0.3 is 10.1 Å². The number of hydrogen-bond donors (Lipinski definition) is 1. The number of carbonyl (C=O) groups excluding carboxylic acids is 1. The summed E-state index contributed by atoms with van der Waals surface area (Å²) in [6.07, 6.45) is -4.64. The van der Waals surface area contributed by atoms with E-state index in [0.717, 1.165) is 31.3 Å². The van der Waals surface area contributed by atoms with Gasteiger partial charge in [0.05, 0.1) is 18.9 Å². The van der Waals surface area contributed by atoms with Crippen LogP contribution >= 0.6 is 0 Å². The van der Waals surface area contributed by atoms with Crippen LogP contribution in [0.4, 0.5) is 18.9 Å². The Morgan fingerprint density at radius 1 is 1.12 bits per heavy atom. The first-order valence-electron chi connectivity index (χ1n) is 10.7. The summed E-state index contributed by atoms with van der Waals surface area (Å²) in [5.74, 6) is -0.602. The van der Waals surface area contributed by atoms with E-state index >= 15 is 0 Å². The van der Waals surface area contributed by atoms with Crippen molar-refractivity contribution in [2.75, 3.05) is 31.6 Å². The van der Waals surface area contributed by atoms with Gasteiger partial charge in [0, 0.05) is 36.8 Å². The number of aromatic nitrogens is 3. The molecule has 3 aromatic rings. The summed E-state index contributed by atoms with van der Waals surface area (Å²) in [4.78, 5) is 19.4. The summed E-state index contributed by atoms with van der Waals surface area (Å²) in [7, 11) is 0. The molecule has 0 radical (unpaired) electrons. The summed E-state index contributed by atoms with van der Waals surface area (Å²) >= 11 is 0. The molecule has 1 aliphatic rings. The van der Waals surface area contributed by atoms with Gasteiger partial charge in [-0.3, -0.25) is 9.69 Å². The fourth-order valence-electron chi connectivity index (χ4n) is 3.63. The molecular weight excluding hydrogens is 435 g/mol. The van der Waals surface area contributed by atoms with Gasteiger partial charge in [-0.15, -0.1) is 0 Å². The maximum Gasteiger partial charge on any atom is 0.433 e. The van der Waals surface area contributed by atoms with E-state index in [-0.39, 0.29) is 17.0 Å². The van der Waals surface area contributed by atoms with Gasteiger partial charge in [0.1, 0.15) is 5.69 Å². The molecule has 0 aliphatic carbocycles. The Labute approximate surface area is 189 Å². The number of alkyl halides is 3. The predicted molar refractivity (Wildman–Crippen MR) is 117 cm³/mol. The van der Waals surface area contributed by atoms with E-state index < -0.39 is 23.2 Å². The van der Waals surface area contributed by atoms with E-state index in [1.165, 1.54) is 6.07 Å². The average Bonchev–Trinajstić information content (AvgIpc) is 3.17. The van der Waals surface area contributed by atoms with Gasteiger partial charge in [0.25, 0.3) is 5.91 Å². The first kappa shape index (κ1) is 23.2.